The summed E-state index contributed by atoms with van der Waals surface area (Å²) in [5.74, 6) is 1.49. The van der Waals surface area contributed by atoms with Crippen LogP contribution in [-0.2, 0) is 11.2 Å². The van der Waals surface area contributed by atoms with E-state index in [9.17, 15) is 4.79 Å². The van der Waals surface area contributed by atoms with E-state index in [1.54, 1.807) is 11.8 Å². The minimum Gasteiger partial charge on any atom is -0.396 e. The number of benzene rings is 1. The van der Waals surface area contributed by atoms with Crippen LogP contribution in [0.2, 0.25) is 0 Å². The number of carbonyl (C=O) groups is 1. The Bertz CT molecular complexity index is 365. The van der Waals surface area contributed by atoms with Gasteiger partial charge in [0.1, 0.15) is 0 Å². The Morgan fingerprint density at radius 1 is 1.39 bits per heavy atom. The smallest absolute Gasteiger partial charge is 0.234 e. The molecule has 4 heteroatoms. The standard InChI is InChI=1S/C14H21NO2S/c1-3-12-4-6-13(7-5-12)15-14(17)10-18-9-11(2)8-16/h4-7,11,16H,3,8-10H2,1-2H3,(H,15,17). The first-order chi connectivity index (χ1) is 8.65. The molecule has 0 spiro atoms. The van der Waals surface area contributed by atoms with Gasteiger partial charge in [-0.05, 0) is 35.8 Å². The number of aliphatic hydroxyl groups is 1. The van der Waals surface area contributed by atoms with Crippen molar-refractivity contribution in [3.8, 4) is 0 Å². The van der Waals surface area contributed by atoms with Crippen molar-refractivity contribution >= 4 is 23.4 Å². The molecule has 3 nitrogen and oxygen atoms in total. The van der Waals surface area contributed by atoms with Crippen LogP contribution in [0.25, 0.3) is 0 Å². The van der Waals surface area contributed by atoms with Gasteiger partial charge in [0, 0.05) is 12.3 Å². The van der Waals surface area contributed by atoms with E-state index in [4.69, 9.17) is 5.11 Å². The highest BCUT2D eigenvalue weighted by molar-refractivity contribution is 7.99. The van der Waals surface area contributed by atoms with Crippen molar-refractivity contribution in [2.45, 2.75) is 20.3 Å². The van der Waals surface area contributed by atoms with E-state index >= 15 is 0 Å². The molecule has 1 amide bonds. The molecule has 0 saturated heterocycles. The first-order valence-electron chi connectivity index (χ1n) is 6.23. The van der Waals surface area contributed by atoms with Crippen LogP contribution in [-0.4, -0.2) is 29.1 Å². The van der Waals surface area contributed by atoms with E-state index in [-0.39, 0.29) is 18.4 Å². The van der Waals surface area contributed by atoms with E-state index in [0.29, 0.717) is 5.75 Å². The third-order valence-corrected chi connectivity index (χ3v) is 3.86. The number of hydrogen-bond donors (Lipinski definition) is 2. The third-order valence-electron chi connectivity index (χ3n) is 2.59. The average molecular weight is 267 g/mol. The van der Waals surface area contributed by atoms with E-state index in [0.717, 1.165) is 17.9 Å². The lowest BCUT2D eigenvalue weighted by Crippen LogP contribution is -2.15. The van der Waals surface area contributed by atoms with Crippen LogP contribution in [0, 0.1) is 5.92 Å². The largest absolute Gasteiger partial charge is 0.396 e. The molecule has 2 N–H and O–H groups in total. The number of nitrogens with one attached hydrogen (secondary N) is 1. The molecule has 0 aliphatic carbocycles. The van der Waals surface area contributed by atoms with E-state index in [1.807, 2.05) is 31.2 Å². The Labute approximate surface area is 113 Å². The Morgan fingerprint density at radius 2 is 2.06 bits per heavy atom. The fourth-order valence-electron chi connectivity index (χ4n) is 1.43. The van der Waals surface area contributed by atoms with Gasteiger partial charge in [0.05, 0.1) is 5.75 Å². The van der Waals surface area contributed by atoms with Gasteiger partial charge in [-0.1, -0.05) is 26.0 Å². The monoisotopic (exact) mass is 267 g/mol. The molecular formula is C14H21NO2S. The van der Waals surface area contributed by atoms with E-state index in [2.05, 4.69) is 12.2 Å². The van der Waals surface area contributed by atoms with Crippen molar-refractivity contribution in [1.82, 2.24) is 0 Å². The van der Waals surface area contributed by atoms with Crippen molar-refractivity contribution < 1.29 is 9.90 Å². The molecule has 0 aromatic heterocycles. The molecule has 0 heterocycles. The van der Waals surface area contributed by atoms with Crippen LogP contribution in [0.15, 0.2) is 24.3 Å². The van der Waals surface area contributed by atoms with Crippen molar-refractivity contribution in [2.24, 2.45) is 5.92 Å². The number of hydrogen-bond acceptors (Lipinski definition) is 3. The number of aliphatic hydroxyl groups excluding tert-OH is 1. The first kappa shape index (κ1) is 15.1. The van der Waals surface area contributed by atoms with Crippen molar-refractivity contribution in [1.29, 1.82) is 0 Å². The molecule has 1 atom stereocenters. The van der Waals surface area contributed by atoms with Gasteiger partial charge in [-0.2, -0.15) is 11.8 Å². The summed E-state index contributed by atoms with van der Waals surface area (Å²) in [6.07, 6.45) is 1.00. The molecule has 18 heavy (non-hydrogen) atoms. The summed E-state index contributed by atoms with van der Waals surface area (Å²) in [4.78, 5) is 11.6. The number of anilines is 1. The fourth-order valence-corrected chi connectivity index (χ4v) is 2.31. The number of carbonyl (C=O) groups excluding carboxylic acids is 1. The van der Waals surface area contributed by atoms with Gasteiger partial charge in [0.15, 0.2) is 0 Å². The van der Waals surface area contributed by atoms with E-state index < -0.39 is 0 Å². The maximum atomic E-state index is 11.6. The summed E-state index contributed by atoms with van der Waals surface area (Å²) in [6, 6.07) is 7.91. The molecule has 0 saturated carbocycles. The van der Waals surface area contributed by atoms with E-state index in [1.165, 1.54) is 5.56 Å². The summed E-state index contributed by atoms with van der Waals surface area (Å²) < 4.78 is 0. The summed E-state index contributed by atoms with van der Waals surface area (Å²) in [5.41, 5.74) is 2.10. The van der Waals surface area contributed by atoms with Gasteiger partial charge in [-0.25, -0.2) is 0 Å². The predicted octanol–water partition coefficient (Wildman–Crippen LogP) is 2.55. The summed E-state index contributed by atoms with van der Waals surface area (Å²) >= 11 is 1.55. The molecule has 1 rings (SSSR count). The highest BCUT2D eigenvalue weighted by Gasteiger charge is 2.05. The van der Waals surface area contributed by atoms with Crippen LogP contribution >= 0.6 is 11.8 Å². The van der Waals surface area contributed by atoms with Gasteiger partial charge in [0.25, 0.3) is 0 Å². The highest BCUT2D eigenvalue weighted by atomic mass is 32.2. The predicted molar refractivity (Wildman–Crippen MR) is 78.0 cm³/mol. The average Bonchev–Trinajstić information content (AvgIpc) is 2.39. The molecule has 100 valence electrons. The van der Waals surface area contributed by atoms with Crippen LogP contribution < -0.4 is 5.32 Å². The summed E-state index contributed by atoms with van der Waals surface area (Å²) in [6.45, 7) is 4.24. The fraction of sp³-hybridized carbons (Fsp3) is 0.500. The molecule has 0 aliphatic heterocycles. The quantitative estimate of drug-likeness (QED) is 0.798. The first-order valence-corrected chi connectivity index (χ1v) is 7.38. The zero-order chi connectivity index (χ0) is 13.4. The van der Waals surface area contributed by atoms with Crippen LogP contribution in [0.5, 0.6) is 0 Å². The minimum absolute atomic E-state index is 0.00869. The number of aryl methyl sites for hydroxylation is 1. The molecule has 1 aromatic rings. The zero-order valence-electron chi connectivity index (χ0n) is 11.0. The maximum absolute atomic E-state index is 11.6. The third kappa shape index (κ3) is 5.56. The molecule has 0 radical (unpaired) electrons. The summed E-state index contributed by atoms with van der Waals surface area (Å²) in [7, 11) is 0. The lowest BCUT2D eigenvalue weighted by Gasteiger charge is -2.08. The Hall–Kier alpha value is -1.00. The lowest BCUT2D eigenvalue weighted by atomic mass is 10.1. The van der Waals surface area contributed by atoms with Gasteiger partial charge >= 0.3 is 0 Å². The maximum Gasteiger partial charge on any atom is 0.234 e. The highest BCUT2D eigenvalue weighted by Crippen LogP contribution is 2.12. The minimum atomic E-state index is 0.00869. The van der Waals surface area contributed by atoms with Crippen molar-refractivity contribution in [3.05, 3.63) is 29.8 Å². The van der Waals surface area contributed by atoms with Crippen LogP contribution in [0.4, 0.5) is 5.69 Å². The van der Waals surface area contributed by atoms with Gasteiger partial charge < -0.3 is 10.4 Å². The molecular weight excluding hydrogens is 246 g/mol. The second-order valence-corrected chi connectivity index (χ2v) is 5.43. The van der Waals surface area contributed by atoms with Crippen LogP contribution in [0.3, 0.4) is 0 Å². The van der Waals surface area contributed by atoms with Crippen molar-refractivity contribution in [3.63, 3.8) is 0 Å². The SMILES string of the molecule is CCc1ccc(NC(=O)CSCC(C)CO)cc1. The normalized spacial score (nSPS) is 12.2. The lowest BCUT2D eigenvalue weighted by molar-refractivity contribution is -0.113. The molecule has 1 aromatic carbocycles. The molecule has 0 fully saturated rings. The molecule has 1 unspecified atom stereocenters. The topological polar surface area (TPSA) is 49.3 Å². The van der Waals surface area contributed by atoms with Gasteiger partial charge in [0.2, 0.25) is 5.91 Å². The zero-order valence-corrected chi connectivity index (χ0v) is 11.8. The molecule has 0 aliphatic rings. The van der Waals surface area contributed by atoms with Crippen molar-refractivity contribution in [2.75, 3.05) is 23.4 Å². The second kappa shape index (κ2) is 8.16. The number of rotatable bonds is 7. The second-order valence-electron chi connectivity index (χ2n) is 4.40. The number of thioether (sulfide) groups is 1. The van der Waals surface area contributed by atoms with Crippen LogP contribution in [0.1, 0.15) is 19.4 Å². The Kier molecular flexibility index (Phi) is 6.83. The Balaban J connectivity index is 2.30. The summed E-state index contributed by atoms with van der Waals surface area (Å²) in [5, 5.41) is 11.7. The molecule has 0 bridgehead atoms. The number of amides is 1. The Morgan fingerprint density at radius 3 is 2.61 bits per heavy atom. The van der Waals surface area contributed by atoms with Gasteiger partial charge in [-0.3, -0.25) is 4.79 Å². The van der Waals surface area contributed by atoms with Gasteiger partial charge in [-0.15, -0.1) is 0 Å².